The van der Waals surface area contributed by atoms with Gasteiger partial charge in [-0.1, -0.05) is 0 Å². The van der Waals surface area contributed by atoms with Crippen molar-refractivity contribution < 1.29 is 0 Å². The van der Waals surface area contributed by atoms with Crippen molar-refractivity contribution in [2.75, 3.05) is 0 Å². The lowest BCUT2D eigenvalue weighted by Gasteiger charge is -1.98. The monoisotopic (exact) mass is 224 g/mol. The highest BCUT2D eigenvalue weighted by Gasteiger charge is 2.03. The minimum absolute atomic E-state index is 0.556. The van der Waals surface area contributed by atoms with Crippen LogP contribution in [0.2, 0.25) is 0 Å². The summed E-state index contributed by atoms with van der Waals surface area (Å²) in [6, 6.07) is 0. The number of halogens is 4. The molecule has 0 unspecified atom stereocenters. The van der Waals surface area contributed by atoms with Gasteiger partial charge in [0, 0.05) is 0 Å². The lowest BCUT2D eigenvalue weighted by molar-refractivity contribution is 0.995. The van der Waals surface area contributed by atoms with Crippen LogP contribution in [0.5, 0.6) is 0 Å². The normalized spacial score (nSPS) is 12.0. The summed E-state index contributed by atoms with van der Waals surface area (Å²) in [6.45, 7) is 6.87. The molecular weight excluding hydrogens is 214 g/mol. The second kappa shape index (κ2) is 4.92. The molecule has 0 aromatic carbocycles. The first-order valence-electron chi connectivity index (χ1n) is 2.76. The highest BCUT2D eigenvalue weighted by Crippen LogP contribution is 2.16. The molecule has 4 heteroatoms. The van der Waals surface area contributed by atoms with Gasteiger partial charge in [-0.2, -0.15) is 0 Å². The third-order valence-corrected chi connectivity index (χ3v) is 0. The molecule has 0 aliphatic carbocycles. The van der Waals surface area contributed by atoms with Gasteiger partial charge in [0.2, 0.25) is 0 Å². The van der Waals surface area contributed by atoms with Crippen molar-refractivity contribution in [3.05, 3.63) is 0 Å². The van der Waals surface area contributed by atoms with Crippen molar-refractivity contribution in [2.45, 2.75) is 36.4 Å². The van der Waals surface area contributed by atoms with Gasteiger partial charge in [-0.3, -0.25) is 0 Å². The molecule has 0 saturated carbocycles. The van der Waals surface area contributed by atoms with E-state index in [4.69, 9.17) is 46.4 Å². The average molecular weight is 226 g/mol. The van der Waals surface area contributed by atoms with E-state index in [-0.39, 0.29) is 0 Å². The summed E-state index contributed by atoms with van der Waals surface area (Å²) < 4.78 is -1.11. The Morgan fingerprint density at radius 2 is 0.600 bits per heavy atom. The Kier molecular flexibility index (Phi) is 6.76. The molecule has 0 rings (SSSR count). The minimum Gasteiger partial charge on any atom is -0.102 e. The van der Waals surface area contributed by atoms with E-state index >= 15 is 0 Å². The third-order valence-electron chi connectivity index (χ3n) is 0. The molecule has 10 heavy (non-hydrogen) atoms. The Hall–Kier alpha value is 1.16. The average Bonchev–Trinajstić information content (AvgIpc) is 1.12. The molecule has 0 aliphatic rings. The summed E-state index contributed by atoms with van der Waals surface area (Å²) in [5.41, 5.74) is 0. The summed E-state index contributed by atoms with van der Waals surface area (Å²) in [4.78, 5) is 0. The molecule has 0 aliphatic heterocycles. The Labute approximate surface area is 82.8 Å². The third kappa shape index (κ3) is 453. The minimum atomic E-state index is -0.556. The van der Waals surface area contributed by atoms with E-state index in [1.807, 2.05) is 0 Å². The topological polar surface area (TPSA) is 0 Å². The van der Waals surface area contributed by atoms with Crippen LogP contribution in [0.3, 0.4) is 0 Å². The molecule has 0 amide bonds. The van der Waals surface area contributed by atoms with Crippen LogP contribution in [-0.2, 0) is 0 Å². The van der Waals surface area contributed by atoms with Gasteiger partial charge >= 0.3 is 0 Å². The largest absolute Gasteiger partial charge is 0.112 e. The van der Waals surface area contributed by atoms with Crippen LogP contribution in [0.15, 0.2) is 0 Å². The van der Waals surface area contributed by atoms with Crippen molar-refractivity contribution in [3.8, 4) is 0 Å². The van der Waals surface area contributed by atoms with E-state index in [1.165, 1.54) is 0 Å². The number of hydrogen-bond acceptors (Lipinski definition) is 0. The van der Waals surface area contributed by atoms with Gasteiger partial charge in [-0.05, 0) is 27.7 Å². The van der Waals surface area contributed by atoms with E-state index in [9.17, 15) is 0 Å². The zero-order valence-corrected chi connectivity index (χ0v) is 9.54. The van der Waals surface area contributed by atoms with Gasteiger partial charge < -0.3 is 0 Å². The van der Waals surface area contributed by atoms with Crippen LogP contribution in [0.1, 0.15) is 27.7 Å². The summed E-state index contributed by atoms with van der Waals surface area (Å²) in [7, 11) is 0. The first-order valence-corrected chi connectivity index (χ1v) is 4.27. The Morgan fingerprint density at radius 3 is 0.600 bits per heavy atom. The van der Waals surface area contributed by atoms with Crippen molar-refractivity contribution in [1.29, 1.82) is 0 Å². The van der Waals surface area contributed by atoms with Crippen LogP contribution >= 0.6 is 46.4 Å². The van der Waals surface area contributed by atoms with Gasteiger partial charge in [0.1, 0.15) is 8.67 Å². The molecule has 0 fully saturated rings. The Balaban J connectivity index is 0. The number of alkyl halides is 4. The maximum atomic E-state index is 5.30. The molecule has 0 nitrogen and oxygen atoms in total. The zero-order chi connectivity index (χ0) is 9.00. The quantitative estimate of drug-likeness (QED) is 0.537. The number of hydrogen-bond donors (Lipinski definition) is 0. The molecule has 64 valence electrons. The predicted octanol–water partition coefficient (Wildman–Crippen LogP) is 4.40. The second-order valence-corrected chi connectivity index (χ2v) is 6.82. The van der Waals surface area contributed by atoms with E-state index < -0.39 is 8.67 Å². The summed E-state index contributed by atoms with van der Waals surface area (Å²) in [6.07, 6.45) is 0. The molecule has 0 spiro atoms. The van der Waals surface area contributed by atoms with Crippen molar-refractivity contribution in [2.24, 2.45) is 0 Å². The molecule has 0 bridgehead atoms. The molecule has 0 atom stereocenters. The maximum Gasteiger partial charge on any atom is 0.112 e. The molecule has 0 saturated heterocycles. The molecular formula is C6H12Cl4. The van der Waals surface area contributed by atoms with Crippen LogP contribution in [0, 0.1) is 0 Å². The van der Waals surface area contributed by atoms with Crippen LogP contribution in [0.25, 0.3) is 0 Å². The zero-order valence-electron chi connectivity index (χ0n) is 6.51. The summed E-state index contributed by atoms with van der Waals surface area (Å²) in [5.74, 6) is 0. The fourth-order valence-electron chi connectivity index (χ4n) is 0. The fourth-order valence-corrected chi connectivity index (χ4v) is 0. The Bertz CT molecular complexity index is 52.7. The van der Waals surface area contributed by atoms with Crippen LogP contribution in [-0.4, -0.2) is 8.67 Å². The molecule has 0 heterocycles. The Morgan fingerprint density at radius 1 is 0.600 bits per heavy atom. The van der Waals surface area contributed by atoms with Gasteiger partial charge in [0.25, 0.3) is 0 Å². The van der Waals surface area contributed by atoms with Gasteiger partial charge in [0.05, 0.1) is 0 Å². The number of rotatable bonds is 0. The van der Waals surface area contributed by atoms with Gasteiger partial charge in [-0.25, -0.2) is 0 Å². The molecule has 0 aromatic rings. The van der Waals surface area contributed by atoms with E-state index in [0.29, 0.717) is 0 Å². The van der Waals surface area contributed by atoms with E-state index in [2.05, 4.69) is 0 Å². The van der Waals surface area contributed by atoms with Crippen molar-refractivity contribution >= 4 is 46.4 Å². The maximum absolute atomic E-state index is 5.30. The standard InChI is InChI=1S/2C3H6Cl2/c2*1-3(2,4)5/h2*1-2H3. The van der Waals surface area contributed by atoms with Gasteiger partial charge in [-0.15, -0.1) is 46.4 Å². The highest BCUT2D eigenvalue weighted by atomic mass is 35.5. The SMILES string of the molecule is CC(C)(Cl)Cl.CC(C)(Cl)Cl. The molecule has 0 N–H and O–H groups in total. The lowest BCUT2D eigenvalue weighted by Crippen LogP contribution is -1.93. The van der Waals surface area contributed by atoms with Crippen molar-refractivity contribution in [3.63, 3.8) is 0 Å². The van der Waals surface area contributed by atoms with Crippen LogP contribution in [0.4, 0.5) is 0 Å². The first-order chi connectivity index (χ1) is 4.00. The predicted molar refractivity (Wildman–Crippen MR) is 51.6 cm³/mol. The van der Waals surface area contributed by atoms with E-state index in [0.717, 1.165) is 0 Å². The highest BCUT2D eigenvalue weighted by molar-refractivity contribution is 6.48. The first kappa shape index (κ1) is 13.7. The van der Waals surface area contributed by atoms with Crippen molar-refractivity contribution in [1.82, 2.24) is 0 Å². The summed E-state index contributed by atoms with van der Waals surface area (Å²) >= 11 is 21.2. The smallest absolute Gasteiger partial charge is 0.102 e. The second-order valence-electron chi connectivity index (χ2n) is 2.65. The summed E-state index contributed by atoms with van der Waals surface area (Å²) in [5, 5.41) is 0. The molecule has 0 radical (unpaired) electrons. The fraction of sp³-hybridized carbons (Fsp3) is 1.00. The lowest BCUT2D eigenvalue weighted by atomic mass is 10.6. The van der Waals surface area contributed by atoms with Gasteiger partial charge in [0.15, 0.2) is 0 Å². The van der Waals surface area contributed by atoms with Crippen LogP contribution < -0.4 is 0 Å². The molecule has 0 aromatic heterocycles. The van der Waals surface area contributed by atoms with E-state index in [1.54, 1.807) is 27.7 Å².